The van der Waals surface area contributed by atoms with Gasteiger partial charge in [0.25, 0.3) is 0 Å². The average Bonchev–Trinajstić information content (AvgIpc) is 2.55. The highest BCUT2D eigenvalue weighted by molar-refractivity contribution is 7.84. The van der Waals surface area contributed by atoms with Gasteiger partial charge in [0.2, 0.25) is 0 Å². The molecule has 2 aromatic rings. The summed E-state index contributed by atoms with van der Waals surface area (Å²) >= 11 is 0. The Hall–Kier alpha value is -1.69. The van der Waals surface area contributed by atoms with Gasteiger partial charge in [-0.1, -0.05) is 18.2 Å². The van der Waals surface area contributed by atoms with Crippen LogP contribution in [0.15, 0.2) is 24.3 Å². The predicted molar refractivity (Wildman–Crippen MR) is 65.1 cm³/mol. The van der Waals surface area contributed by atoms with Crippen LogP contribution in [-0.4, -0.2) is 30.8 Å². The van der Waals surface area contributed by atoms with E-state index in [0.29, 0.717) is 5.69 Å². The highest BCUT2D eigenvalue weighted by Gasteiger charge is 2.13. The number of benzene rings is 1. The molecule has 0 aliphatic rings. The maximum Gasteiger partial charge on any atom is 0.316 e. The number of aromatic nitrogens is 2. The second-order valence-corrected chi connectivity index (χ2v) is 5.17. The zero-order valence-electron chi connectivity index (χ0n) is 9.29. The van der Waals surface area contributed by atoms with E-state index in [2.05, 4.69) is 5.10 Å². The van der Waals surface area contributed by atoms with Gasteiger partial charge in [-0.2, -0.15) is 5.10 Å². The lowest BCUT2D eigenvalue weighted by atomic mass is 10.2. The van der Waals surface area contributed by atoms with Gasteiger partial charge in [-0.25, -0.2) is 0 Å². The Morgan fingerprint density at radius 3 is 2.88 bits per heavy atom. The van der Waals surface area contributed by atoms with Crippen molar-refractivity contribution in [1.82, 2.24) is 9.78 Å². The van der Waals surface area contributed by atoms with E-state index in [-0.39, 0.29) is 11.5 Å². The Labute approximate surface area is 101 Å². The number of rotatable bonds is 4. The number of carboxylic acids is 1. The van der Waals surface area contributed by atoms with Crippen LogP contribution in [0.25, 0.3) is 10.9 Å². The molecule has 0 aliphatic heterocycles. The van der Waals surface area contributed by atoms with Gasteiger partial charge in [-0.05, 0) is 6.07 Å². The zero-order valence-corrected chi connectivity index (χ0v) is 10.1. The van der Waals surface area contributed by atoms with E-state index in [1.165, 1.54) is 0 Å². The van der Waals surface area contributed by atoms with Crippen LogP contribution in [0.4, 0.5) is 0 Å². The number of aryl methyl sites for hydroxylation is 1. The molecule has 0 bridgehead atoms. The first kappa shape index (κ1) is 11.8. The van der Waals surface area contributed by atoms with E-state index in [1.54, 1.807) is 4.68 Å². The van der Waals surface area contributed by atoms with Crippen LogP contribution >= 0.6 is 0 Å². The summed E-state index contributed by atoms with van der Waals surface area (Å²) in [6, 6.07) is 7.61. The molecule has 0 saturated carbocycles. The summed E-state index contributed by atoms with van der Waals surface area (Å²) in [5.41, 5.74) is 1.64. The van der Waals surface area contributed by atoms with Crippen LogP contribution in [0.1, 0.15) is 5.69 Å². The van der Waals surface area contributed by atoms with Crippen LogP contribution in [0.2, 0.25) is 0 Å². The molecule has 0 fully saturated rings. The number of aliphatic carboxylic acids is 1. The first-order valence-corrected chi connectivity index (χ1v) is 6.54. The summed E-state index contributed by atoms with van der Waals surface area (Å²) in [4.78, 5) is 10.5. The Bertz CT molecular complexity index is 591. The van der Waals surface area contributed by atoms with E-state index in [9.17, 15) is 9.00 Å². The summed E-state index contributed by atoms with van der Waals surface area (Å²) < 4.78 is 13.3. The third-order valence-electron chi connectivity index (χ3n) is 2.42. The molecule has 1 heterocycles. The van der Waals surface area contributed by atoms with E-state index in [4.69, 9.17) is 5.11 Å². The van der Waals surface area contributed by atoms with Crippen LogP contribution in [0.5, 0.6) is 0 Å². The fraction of sp³-hybridized carbons (Fsp3) is 0.273. The van der Waals surface area contributed by atoms with Crippen molar-refractivity contribution in [3.8, 4) is 0 Å². The second-order valence-electron chi connectivity index (χ2n) is 3.71. The number of hydrogen-bond donors (Lipinski definition) is 1. The van der Waals surface area contributed by atoms with Crippen LogP contribution < -0.4 is 0 Å². The lowest BCUT2D eigenvalue weighted by Crippen LogP contribution is -2.11. The van der Waals surface area contributed by atoms with Gasteiger partial charge in [-0.3, -0.25) is 13.7 Å². The first-order chi connectivity index (χ1) is 8.08. The van der Waals surface area contributed by atoms with E-state index in [1.807, 2.05) is 31.3 Å². The monoisotopic (exact) mass is 252 g/mol. The summed E-state index contributed by atoms with van der Waals surface area (Å²) in [6.45, 7) is 0. The standard InChI is InChI=1S/C11H12N2O3S/c1-13-10-5-3-2-4-8(10)9(12-13)6-17(16)7-11(14)15/h2-5H,6-7H2,1H3,(H,14,15). The van der Waals surface area contributed by atoms with Gasteiger partial charge in [0.15, 0.2) is 0 Å². The zero-order chi connectivity index (χ0) is 12.4. The summed E-state index contributed by atoms with van der Waals surface area (Å²) in [5, 5.41) is 13.8. The van der Waals surface area contributed by atoms with E-state index < -0.39 is 16.8 Å². The van der Waals surface area contributed by atoms with Crippen molar-refractivity contribution in [2.24, 2.45) is 7.05 Å². The lowest BCUT2D eigenvalue weighted by Gasteiger charge is -1.96. The molecule has 0 amide bonds. The number of para-hydroxylation sites is 1. The Morgan fingerprint density at radius 1 is 1.47 bits per heavy atom. The molecule has 5 nitrogen and oxygen atoms in total. The van der Waals surface area contributed by atoms with E-state index >= 15 is 0 Å². The largest absolute Gasteiger partial charge is 0.481 e. The molecule has 90 valence electrons. The average molecular weight is 252 g/mol. The molecular weight excluding hydrogens is 240 g/mol. The minimum Gasteiger partial charge on any atom is -0.481 e. The smallest absolute Gasteiger partial charge is 0.316 e. The van der Waals surface area contributed by atoms with Crippen molar-refractivity contribution in [2.75, 3.05) is 5.75 Å². The first-order valence-electron chi connectivity index (χ1n) is 5.05. The van der Waals surface area contributed by atoms with Gasteiger partial charge in [0.05, 0.1) is 17.0 Å². The second kappa shape index (κ2) is 4.67. The number of hydrogen-bond acceptors (Lipinski definition) is 3. The fourth-order valence-electron chi connectivity index (χ4n) is 1.74. The molecule has 0 spiro atoms. The third kappa shape index (κ3) is 2.52. The van der Waals surface area contributed by atoms with Crippen molar-refractivity contribution in [1.29, 1.82) is 0 Å². The Morgan fingerprint density at radius 2 is 2.18 bits per heavy atom. The molecule has 1 N–H and O–H groups in total. The molecule has 1 aromatic carbocycles. The van der Waals surface area contributed by atoms with Crippen molar-refractivity contribution < 1.29 is 14.1 Å². The maximum atomic E-state index is 11.6. The highest BCUT2D eigenvalue weighted by Crippen LogP contribution is 2.18. The molecule has 0 saturated heterocycles. The van der Waals surface area contributed by atoms with Crippen molar-refractivity contribution in [3.05, 3.63) is 30.0 Å². The minimum atomic E-state index is -1.42. The van der Waals surface area contributed by atoms with Crippen molar-refractivity contribution in [2.45, 2.75) is 5.75 Å². The Kier molecular flexibility index (Phi) is 3.23. The quantitative estimate of drug-likeness (QED) is 0.877. The number of nitrogens with zero attached hydrogens (tertiary/aromatic N) is 2. The van der Waals surface area contributed by atoms with Gasteiger partial charge < -0.3 is 5.11 Å². The van der Waals surface area contributed by atoms with Crippen molar-refractivity contribution in [3.63, 3.8) is 0 Å². The fourth-order valence-corrected chi connectivity index (χ4v) is 2.63. The molecular formula is C11H12N2O3S. The van der Waals surface area contributed by atoms with Gasteiger partial charge in [0.1, 0.15) is 5.75 Å². The van der Waals surface area contributed by atoms with Gasteiger partial charge in [-0.15, -0.1) is 0 Å². The molecule has 1 atom stereocenters. The SMILES string of the molecule is Cn1nc(CS(=O)CC(=O)O)c2ccccc21. The summed E-state index contributed by atoms with van der Waals surface area (Å²) in [6.07, 6.45) is 0. The molecule has 1 unspecified atom stereocenters. The predicted octanol–water partition coefficient (Wildman–Crippen LogP) is 0.907. The molecule has 2 rings (SSSR count). The molecule has 6 heteroatoms. The van der Waals surface area contributed by atoms with Crippen LogP contribution in [-0.2, 0) is 28.4 Å². The van der Waals surface area contributed by atoms with Gasteiger partial charge >= 0.3 is 5.97 Å². The third-order valence-corrected chi connectivity index (χ3v) is 3.58. The topological polar surface area (TPSA) is 72.2 Å². The maximum absolute atomic E-state index is 11.6. The van der Waals surface area contributed by atoms with Gasteiger partial charge in [0, 0.05) is 23.2 Å². The normalized spacial score (nSPS) is 12.8. The summed E-state index contributed by atoms with van der Waals surface area (Å²) in [7, 11) is 0.392. The van der Waals surface area contributed by atoms with Crippen LogP contribution in [0.3, 0.4) is 0 Å². The van der Waals surface area contributed by atoms with E-state index in [0.717, 1.165) is 10.9 Å². The summed E-state index contributed by atoms with van der Waals surface area (Å²) in [5.74, 6) is -1.22. The molecule has 17 heavy (non-hydrogen) atoms. The Balaban J connectivity index is 2.30. The van der Waals surface area contributed by atoms with Crippen molar-refractivity contribution >= 4 is 27.7 Å². The number of fused-ring (bicyclic) bond motifs is 1. The number of carboxylic acid groups (broad SMARTS) is 1. The lowest BCUT2D eigenvalue weighted by molar-refractivity contribution is -0.133. The molecule has 0 radical (unpaired) electrons. The van der Waals surface area contributed by atoms with Crippen LogP contribution in [0, 0.1) is 0 Å². The molecule has 0 aliphatic carbocycles. The highest BCUT2D eigenvalue weighted by atomic mass is 32.2. The molecule has 1 aromatic heterocycles. The number of carbonyl (C=O) groups is 1. The minimum absolute atomic E-state index is 0.174.